The van der Waals surface area contributed by atoms with Gasteiger partial charge in [-0.2, -0.15) is 0 Å². The molecule has 0 aliphatic heterocycles. The van der Waals surface area contributed by atoms with Gasteiger partial charge in [0.15, 0.2) is 11.5 Å². The van der Waals surface area contributed by atoms with Crippen LogP contribution in [0, 0.1) is 6.92 Å². The molecule has 0 saturated heterocycles. The van der Waals surface area contributed by atoms with Crippen LogP contribution in [0.2, 0.25) is 0 Å². The van der Waals surface area contributed by atoms with Crippen LogP contribution >= 0.6 is 0 Å². The Morgan fingerprint density at radius 1 is 1.32 bits per heavy atom. The Balaban J connectivity index is 2.27. The summed E-state index contributed by atoms with van der Waals surface area (Å²) in [7, 11) is 4.20. The smallest absolute Gasteiger partial charge is 0.192 e. The molecule has 0 aliphatic rings. The molecule has 0 spiro atoms. The van der Waals surface area contributed by atoms with Crippen molar-refractivity contribution < 1.29 is 4.42 Å². The Morgan fingerprint density at radius 2 is 2.05 bits per heavy atom. The Bertz CT molecular complexity index is 545. The molecule has 2 N–H and O–H groups in total. The van der Waals surface area contributed by atoms with Gasteiger partial charge < -0.3 is 15.1 Å². The molecule has 0 fully saturated rings. The molecule has 104 valence electrons. The Labute approximate surface area is 114 Å². The third-order valence-corrected chi connectivity index (χ3v) is 3.42. The lowest BCUT2D eigenvalue weighted by atomic mass is 9.99. The van der Waals surface area contributed by atoms with Crippen LogP contribution < -0.4 is 5.73 Å². The summed E-state index contributed by atoms with van der Waals surface area (Å²) < 4.78 is 5.61. The first-order valence-electron chi connectivity index (χ1n) is 6.76. The molecule has 4 nitrogen and oxygen atoms in total. The lowest BCUT2D eigenvalue weighted by molar-refractivity contribution is 0.275. The summed E-state index contributed by atoms with van der Waals surface area (Å²) in [5.74, 6) is 0.712. The molecule has 1 heterocycles. The van der Waals surface area contributed by atoms with E-state index in [0.717, 1.165) is 23.9 Å². The number of hydrogen-bond acceptors (Lipinski definition) is 4. The number of nitrogens with zero attached hydrogens (tertiary/aromatic N) is 2. The minimum absolute atomic E-state index is 0.235. The van der Waals surface area contributed by atoms with Gasteiger partial charge in [-0.05, 0) is 51.6 Å². The Kier molecular flexibility index (Phi) is 4.22. The van der Waals surface area contributed by atoms with Gasteiger partial charge in [0.2, 0.25) is 0 Å². The normalized spacial score (nSPS) is 15.1. The van der Waals surface area contributed by atoms with E-state index < -0.39 is 0 Å². The van der Waals surface area contributed by atoms with Crippen LogP contribution in [0.15, 0.2) is 22.6 Å². The molecule has 0 saturated carbocycles. The highest BCUT2D eigenvalue weighted by Crippen LogP contribution is 2.27. The molecule has 4 heteroatoms. The van der Waals surface area contributed by atoms with Gasteiger partial charge in [-0.15, -0.1) is 0 Å². The van der Waals surface area contributed by atoms with E-state index in [0.29, 0.717) is 11.9 Å². The first kappa shape index (κ1) is 14.0. The van der Waals surface area contributed by atoms with E-state index in [1.165, 1.54) is 5.56 Å². The fourth-order valence-electron chi connectivity index (χ4n) is 2.41. The van der Waals surface area contributed by atoms with E-state index in [9.17, 15) is 0 Å². The molecule has 0 radical (unpaired) electrons. The van der Waals surface area contributed by atoms with Crippen molar-refractivity contribution in [2.24, 2.45) is 5.73 Å². The first-order chi connectivity index (χ1) is 8.97. The highest BCUT2D eigenvalue weighted by Gasteiger charge is 2.16. The number of nitrogens with two attached hydrogens (primary N) is 1. The largest absolute Gasteiger partial charge is 0.441 e. The maximum atomic E-state index is 5.87. The van der Waals surface area contributed by atoms with E-state index in [-0.39, 0.29) is 6.04 Å². The van der Waals surface area contributed by atoms with Gasteiger partial charge in [0, 0.05) is 19.0 Å². The van der Waals surface area contributed by atoms with Gasteiger partial charge in [0.25, 0.3) is 0 Å². The number of benzene rings is 1. The molecule has 2 aromatic rings. The molecule has 1 aromatic carbocycles. The summed E-state index contributed by atoms with van der Waals surface area (Å²) in [6.07, 6.45) is 2.06. The second-order valence-electron chi connectivity index (χ2n) is 5.49. The topological polar surface area (TPSA) is 55.3 Å². The monoisotopic (exact) mass is 261 g/mol. The highest BCUT2D eigenvalue weighted by atomic mass is 16.3. The standard InChI is InChI=1S/C15H23N3O/c1-10(16)5-8-14(18(3)4)12-6-7-13-15(9-12)19-11(2)17-13/h6-7,9-10,14H,5,8,16H2,1-4H3. The minimum Gasteiger partial charge on any atom is -0.441 e. The van der Waals surface area contributed by atoms with Crippen molar-refractivity contribution in [1.82, 2.24) is 9.88 Å². The summed E-state index contributed by atoms with van der Waals surface area (Å²) >= 11 is 0. The molecule has 0 aliphatic carbocycles. The summed E-state index contributed by atoms with van der Waals surface area (Å²) in [5.41, 5.74) is 8.91. The van der Waals surface area contributed by atoms with Crippen molar-refractivity contribution in [2.75, 3.05) is 14.1 Å². The SMILES string of the molecule is Cc1nc2ccc(C(CCC(C)N)N(C)C)cc2o1. The molecule has 2 unspecified atom stereocenters. The van der Waals surface area contributed by atoms with Crippen LogP contribution in [0.25, 0.3) is 11.1 Å². The van der Waals surface area contributed by atoms with Gasteiger partial charge >= 0.3 is 0 Å². The average Bonchev–Trinajstić information content (AvgIpc) is 2.67. The lowest BCUT2D eigenvalue weighted by Crippen LogP contribution is -2.23. The minimum atomic E-state index is 0.235. The fourth-order valence-corrected chi connectivity index (χ4v) is 2.41. The van der Waals surface area contributed by atoms with E-state index in [2.05, 4.69) is 43.0 Å². The van der Waals surface area contributed by atoms with Crippen LogP contribution in [0.3, 0.4) is 0 Å². The second kappa shape index (κ2) is 5.72. The number of rotatable bonds is 5. The van der Waals surface area contributed by atoms with Gasteiger partial charge in [0.1, 0.15) is 5.52 Å². The van der Waals surface area contributed by atoms with Crippen LogP contribution in [0.1, 0.15) is 37.3 Å². The zero-order valence-electron chi connectivity index (χ0n) is 12.2. The number of fused-ring (bicyclic) bond motifs is 1. The molecule has 2 atom stereocenters. The average molecular weight is 261 g/mol. The van der Waals surface area contributed by atoms with Crippen molar-refractivity contribution in [1.29, 1.82) is 0 Å². The summed E-state index contributed by atoms with van der Waals surface area (Å²) in [6.45, 7) is 3.93. The number of hydrogen-bond donors (Lipinski definition) is 1. The predicted octanol–water partition coefficient (Wildman–Crippen LogP) is 2.87. The zero-order chi connectivity index (χ0) is 14.0. The van der Waals surface area contributed by atoms with Crippen molar-refractivity contribution >= 4 is 11.1 Å². The van der Waals surface area contributed by atoms with Crippen molar-refractivity contribution in [2.45, 2.75) is 38.8 Å². The Morgan fingerprint density at radius 3 is 2.68 bits per heavy atom. The molecule has 0 amide bonds. The number of aryl methyl sites for hydroxylation is 1. The molecule has 0 bridgehead atoms. The summed E-state index contributed by atoms with van der Waals surface area (Å²) in [6, 6.07) is 6.86. The molecule has 2 rings (SSSR count). The maximum Gasteiger partial charge on any atom is 0.192 e. The van der Waals surface area contributed by atoms with Crippen molar-refractivity contribution in [3.05, 3.63) is 29.7 Å². The highest BCUT2D eigenvalue weighted by molar-refractivity contribution is 5.73. The summed E-state index contributed by atoms with van der Waals surface area (Å²) in [5, 5.41) is 0. The molecular weight excluding hydrogens is 238 g/mol. The van der Waals surface area contributed by atoms with Gasteiger partial charge in [-0.1, -0.05) is 6.07 Å². The quantitative estimate of drug-likeness (QED) is 0.899. The van der Waals surface area contributed by atoms with Gasteiger partial charge in [0.05, 0.1) is 0 Å². The lowest BCUT2D eigenvalue weighted by Gasteiger charge is -2.25. The maximum absolute atomic E-state index is 5.87. The van der Waals surface area contributed by atoms with E-state index in [4.69, 9.17) is 10.2 Å². The number of aromatic nitrogens is 1. The first-order valence-corrected chi connectivity index (χ1v) is 6.76. The number of oxazole rings is 1. The Hall–Kier alpha value is -1.39. The molecule has 1 aromatic heterocycles. The molecular formula is C15H23N3O. The zero-order valence-corrected chi connectivity index (χ0v) is 12.2. The molecule has 19 heavy (non-hydrogen) atoms. The second-order valence-corrected chi connectivity index (χ2v) is 5.49. The predicted molar refractivity (Wildman–Crippen MR) is 78.1 cm³/mol. The van der Waals surface area contributed by atoms with Crippen molar-refractivity contribution in [3.63, 3.8) is 0 Å². The fraction of sp³-hybridized carbons (Fsp3) is 0.533. The van der Waals surface area contributed by atoms with Crippen LogP contribution in [-0.2, 0) is 0 Å². The van der Waals surface area contributed by atoms with Gasteiger partial charge in [-0.3, -0.25) is 0 Å². The van der Waals surface area contributed by atoms with Crippen LogP contribution in [0.5, 0.6) is 0 Å². The summed E-state index contributed by atoms with van der Waals surface area (Å²) in [4.78, 5) is 6.56. The van der Waals surface area contributed by atoms with E-state index >= 15 is 0 Å². The van der Waals surface area contributed by atoms with Gasteiger partial charge in [-0.25, -0.2) is 4.98 Å². The van der Waals surface area contributed by atoms with Crippen molar-refractivity contribution in [3.8, 4) is 0 Å². The van der Waals surface area contributed by atoms with E-state index in [1.54, 1.807) is 0 Å². The van der Waals surface area contributed by atoms with Crippen LogP contribution in [-0.4, -0.2) is 30.0 Å². The third kappa shape index (κ3) is 3.33. The van der Waals surface area contributed by atoms with E-state index in [1.807, 2.05) is 13.0 Å². The van der Waals surface area contributed by atoms with Crippen LogP contribution in [0.4, 0.5) is 0 Å². The third-order valence-electron chi connectivity index (χ3n) is 3.42.